The molecule has 0 aromatic carbocycles. The molecule has 0 N–H and O–H groups in total. The minimum absolute atomic E-state index is 0.348. The van der Waals surface area contributed by atoms with Crippen LogP contribution in [0.15, 0.2) is 0 Å². The molecule has 1 aliphatic heterocycles. The SMILES string of the molecule is CCCCCCn1nnc(CC#N)c1C1CCOC1. The van der Waals surface area contributed by atoms with Gasteiger partial charge in [-0.15, -0.1) is 5.10 Å². The molecule has 1 unspecified atom stereocenters. The fourth-order valence-electron chi connectivity index (χ4n) is 2.61. The molecule has 1 aromatic heterocycles. The normalized spacial score (nSPS) is 18.6. The van der Waals surface area contributed by atoms with Crippen molar-refractivity contribution in [3.8, 4) is 6.07 Å². The number of hydrogen-bond donors (Lipinski definition) is 0. The lowest BCUT2D eigenvalue weighted by molar-refractivity contribution is 0.193. The first-order valence-electron chi connectivity index (χ1n) is 7.23. The van der Waals surface area contributed by atoms with Gasteiger partial charge in [-0.25, -0.2) is 4.68 Å². The van der Waals surface area contributed by atoms with Crippen LogP contribution in [0.5, 0.6) is 0 Å². The van der Waals surface area contributed by atoms with E-state index in [1.165, 1.54) is 19.3 Å². The number of hydrogen-bond acceptors (Lipinski definition) is 4. The Morgan fingerprint density at radius 2 is 2.32 bits per heavy atom. The van der Waals surface area contributed by atoms with Crippen LogP contribution in [-0.2, 0) is 17.7 Å². The minimum Gasteiger partial charge on any atom is -0.381 e. The highest BCUT2D eigenvalue weighted by Crippen LogP contribution is 2.27. The number of unbranched alkanes of at least 4 members (excludes halogenated alkanes) is 3. The molecule has 0 aliphatic carbocycles. The van der Waals surface area contributed by atoms with E-state index < -0.39 is 0 Å². The number of ether oxygens (including phenoxy) is 1. The molecule has 0 saturated carbocycles. The standard InChI is InChI=1S/C14H22N4O/c1-2-3-4-5-9-18-14(12-7-10-19-11-12)13(6-8-15)16-17-18/h12H,2-7,9-11H2,1H3. The smallest absolute Gasteiger partial charge is 0.100 e. The third-order valence-electron chi connectivity index (χ3n) is 3.63. The van der Waals surface area contributed by atoms with Gasteiger partial charge < -0.3 is 4.74 Å². The number of nitrogens with zero attached hydrogens (tertiary/aromatic N) is 4. The molecule has 5 nitrogen and oxygen atoms in total. The molecule has 1 aromatic rings. The van der Waals surface area contributed by atoms with E-state index in [0.29, 0.717) is 12.3 Å². The van der Waals surface area contributed by atoms with E-state index in [1.54, 1.807) is 0 Å². The highest BCUT2D eigenvalue weighted by atomic mass is 16.5. The molecule has 104 valence electrons. The van der Waals surface area contributed by atoms with Crippen LogP contribution >= 0.6 is 0 Å². The van der Waals surface area contributed by atoms with Crippen molar-refractivity contribution in [1.82, 2.24) is 15.0 Å². The van der Waals surface area contributed by atoms with Gasteiger partial charge in [-0.05, 0) is 12.8 Å². The van der Waals surface area contributed by atoms with Gasteiger partial charge in [0.25, 0.3) is 0 Å². The second-order valence-corrected chi connectivity index (χ2v) is 5.10. The predicted molar refractivity (Wildman–Crippen MR) is 71.7 cm³/mol. The number of rotatable bonds is 7. The van der Waals surface area contributed by atoms with Gasteiger partial charge in [0.05, 0.1) is 24.8 Å². The highest BCUT2D eigenvalue weighted by Gasteiger charge is 2.25. The average Bonchev–Trinajstić information content (AvgIpc) is 3.04. The van der Waals surface area contributed by atoms with Crippen molar-refractivity contribution in [2.45, 2.75) is 57.9 Å². The molecular weight excluding hydrogens is 240 g/mol. The molecule has 19 heavy (non-hydrogen) atoms. The quantitative estimate of drug-likeness (QED) is 0.708. The third kappa shape index (κ3) is 3.54. The second kappa shape index (κ2) is 7.25. The molecule has 1 aliphatic rings. The summed E-state index contributed by atoms with van der Waals surface area (Å²) in [7, 11) is 0. The maximum absolute atomic E-state index is 8.88. The van der Waals surface area contributed by atoms with Gasteiger partial charge >= 0.3 is 0 Å². The molecule has 2 rings (SSSR count). The summed E-state index contributed by atoms with van der Waals surface area (Å²) in [5.74, 6) is 0.365. The zero-order valence-corrected chi connectivity index (χ0v) is 11.6. The van der Waals surface area contributed by atoms with Crippen molar-refractivity contribution >= 4 is 0 Å². The first-order valence-corrected chi connectivity index (χ1v) is 7.23. The first-order chi connectivity index (χ1) is 9.36. The average molecular weight is 262 g/mol. The molecule has 2 heterocycles. The largest absolute Gasteiger partial charge is 0.381 e. The summed E-state index contributed by atoms with van der Waals surface area (Å²) >= 11 is 0. The predicted octanol–water partition coefficient (Wildman–Crippen LogP) is 2.43. The summed E-state index contributed by atoms with van der Waals surface area (Å²) < 4.78 is 7.46. The Bertz CT molecular complexity index is 429. The maximum Gasteiger partial charge on any atom is 0.100 e. The summed E-state index contributed by atoms with van der Waals surface area (Å²) in [6.07, 6.45) is 6.22. The van der Waals surface area contributed by atoms with E-state index in [-0.39, 0.29) is 0 Å². The zero-order chi connectivity index (χ0) is 13.5. The Kier molecular flexibility index (Phi) is 5.34. The van der Waals surface area contributed by atoms with Crippen LogP contribution in [0.1, 0.15) is 56.3 Å². The number of nitriles is 1. The number of aromatic nitrogens is 3. The van der Waals surface area contributed by atoms with Crippen LogP contribution in [0.3, 0.4) is 0 Å². The molecular formula is C14H22N4O. The van der Waals surface area contributed by atoms with Gasteiger partial charge in [-0.3, -0.25) is 0 Å². The van der Waals surface area contributed by atoms with Crippen molar-refractivity contribution in [2.75, 3.05) is 13.2 Å². The molecule has 0 bridgehead atoms. The summed E-state index contributed by atoms with van der Waals surface area (Å²) in [6, 6.07) is 2.18. The molecule has 1 saturated heterocycles. The third-order valence-corrected chi connectivity index (χ3v) is 3.63. The van der Waals surface area contributed by atoms with E-state index in [0.717, 1.165) is 44.0 Å². The second-order valence-electron chi connectivity index (χ2n) is 5.10. The summed E-state index contributed by atoms with van der Waals surface area (Å²) in [5.41, 5.74) is 1.98. The molecule has 1 atom stereocenters. The summed E-state index contributed by atoms with van der Waals surface area (Å²) in [5, 5.41) is 17.3. The van der Waals surface area contributed by atoms with Crippen molar-refractivity contribution in [3.05, 3.63) is 11.4 Å². The van der Waals surface area contributed by atoms with Crippen LogP contribution < -0.4 is 0 Å². The molecule has 0 radical (unpaired) electrons. The van der Waals surface area contributed by atoms with E-state index in [4.69, 9.17) is 10.00 Å². The van der Waals surface area contributed by atoms with Crippen molar-refractivity contribution in [1.29, 1.82) is 5.26 Å². The molecule has 1 fully saturated rings. The topological polar surface area (TPSA) is 63.7 Å². The Morgan fingerprint density at radius 1 is 1.42 bits per heavy atom. The van der Waals surface area contributed by atoms with E-state index in [9.17, 15) is 0 Å². The lowest BCUT2D eigenvalue weighted by Crippen LogP contribution is -2.11. The molecule has 0 spiro atoms. The maximum atomic E-state index is 8.88. The Labute approximate surface area is 114 Å². The Balaban J connectivity index is 2.06. The van der Waals surface area contributed by atoms with Crippen LogP contribution in [-0.4, -0.2) is 28.2 Å². The lowest BCUT2D eigenvalue weighted by atomic mass is 10.0. The molecule has 0 amide bonds. The van der Waals surface area contributed by atoms with Gasteiger partial charge in [-0.2, -0.15) is 5.26 Å². The van der Waals surface area contributed by atoms with Crippen LogP contribution in [0, 0.1) is 11.3 Å². The van der Waals surface area contributed by atoms with Gasteiger partial charge in [0.15, 0.2) is 0 Å². The van der Waals surface area contributed by atoms with Crippen LogP contribution in [0.4, 0.5) is 0 Å². The van der Waals surface area contributed by atoms with Crippen molar-refractivity contribution < 1.29 is 4.74 Å². The van der Waals surface area contributed by atoms with Crippen molar-refractivity contribution in [2.24, 2.45) is 0 Å². The summed E-state index contributed by atoms with van der Waals surface area (Å²) in [4.78, 5) is 0. The number of aryl methyl sites for hydroxylation is 1. The van der Waals surface area contributed by atoms with Crippen molar-refractivity contribution in [3.63, 3.8) is 0 Å². The molecule has 5 heteroatoms. The first kappa shape index (κ1) is 14.0. The Hall–Kier alpha value is -1.41. The minimum atomic E-state index is 0.348. The summed E-state index contributed by atoms with van der Waals surface area (Å²) in [6.45, 7) is 4.66. The Morgan fingerprint density at radius 3 is 3.00 bits per heavy atom. The van der Waals surface area contributed by atoms with E-state index >= 15 is 0 Å². The fourth-order valence-corrected chi connectivity index (χ4v) is 2.61. The van der Waals surface area contributed by atoms with Crippen LogP contribution in [0.25, 0.3) is 0 Å². The van der Waals surface area contributed by atoms with Gasteiger partial charge in [0.1, 0.15) is 5.69 Å². The van der Waals surface area contributed by atoms with E-state index in [1.807, 2.05) is 4.68 Å². The monoisotopic (exact) mass is 262 g/mol. The zero-order valence-electron chi connectivity index (χ0n) is 11.6. The van der Waals surface area contributed by atoms with Crippen LogP contribution in [0.2, 0.25) is 0 Å². The van der Waals surface area contributed by atoms with Gasteiger partial charge in [-0.1, -0.05) is 31.4 Å². The fraction of sp³-hybridized carbons (Fsp3) is 0.786. The van der Waals surface area contributed by atoms with Gasteiger partial charge in [0.2, 0.25) is 0 Å². The van der Waals surface area contributed by atoms with E-state index in [2.05, 4.69) is 23.3 Å². The van der Waals surface area contributed by atoms with Gasteiger partial charge in [0, 0.05) is 19.1 Å². The lowest BCUT2D eigenvalue weighted by Gasteiger charge is -2.12. The highest BCUT2D eigenvalue weighted by molar-refractivity contribution is 5.19.